The van der Waals surface area contributed by atoms with Crippen molar-refractivity contribution in [2.75, 3.05) is 25.1 Å². The fourth-order valence-corrected chi connectivity index (χ4v) is 4.34. The Kier molecular flexibility index (Phi) is 4.65. The fraction of sp³-hybridized carbons (Fsp3) is 0.647. The Morgan fingerprint density at radius 1 is 1.33 bits per heavy atom. The van der Waals surface area contributed by atoms with E-state index < -0.39 is 0 Å². The first-order valence-corrected chi connectivity index (χ1v) is 10.0. The molecule has 1 aliphatic heterocycles. The van der Waals surface area contributed by atoms with Crippen LogP contribution in [0.25, 0.3) is 11.0 Å². The highest BCUT2D eigenvalue weighted by Crippen LogP contribution is 2.36. The van der Waals surface area contributed by atoms with Gasteiger partial charge in [-0.2, -0.15) is 0 Å². The number of aromatic nitrogens is 3. The Morgan fingerprint density at radius 2 is 2.21 bits per heavy atom. The molecule has 0 unspecified atom stereocenters. The number of fused-ring (bicyclic) bond motifs is 5. The number of nitrogen functional groups attached to an aromatic ring is 1. The van der Waals surface area contributed by atoms with Crippen LogP contribution in [0.3, 0.4) is 0 Å². The molecule has 2 aromatic heterocycles. The second-order valence-electron chi connectivity index (χ2n) is 6.63. The van der Waals surface area contributed by atoms with E-state index in [9.17, 15) is 0 Å². The van der Waals surface area contributed by atoms with Crippen LogP contribution in [0.2, 0.25) is 0 Å². The number of nitrogens with zero attached hydrogens (tertiary/aromatic N) is 3. The van der Waals surface area contributed by atoms with Gasteiger partial charge in [0.25, 0.3) is 0 Å². The number of hydrogen-bond donors (Lipinski definition) is 2. The molecule has 7 heteroatoms. The maximum Gasteiger partial charge on any atom is 0.151 e. The zero-order valence-electron chi connectivity index (χ0n) is 14.2. The molecule has 0 saturated heterocycles. The van der Waals surface area contributed by atoms with Crippen molar-refractivity contribution in [1.82, 2.24) is 19.3 Å². The summed E-state index contributed by atoms with van der Waals surface area (Å²) in [6, 6.07) is 0.343. The van der Waals surface area contributed by atoms with E-state index in [1.54, 1.807) is 11.9 Å². The van der Waals surface area contributed by atoms with Gasteiger partial charge in [0, 0.05) is 12.2 Å². The topological polar surface area (TPSA) is 78.0 Å². The lowest BCUT2D eigenvalue weighted by atomic mass is 9.94. The van der Waals surface area contributed by atoms with Crippen molar-refractivity contribution in [2.45, 2.75) is 51.2 Å². The van der Waals surface area contributed by atoms with Gasteiger partial charge in [-0.15, -0.1) is 0 Å². The molecule has 3 N–H and O–H groups in total. The van der Waals surface area contributed by atoms with Gasteiger partial charge in [0.1, 0.15) is 17.9 Å². The molecule has 3 heterocycles. The Morgan fingerprint density at radius 3 is 3.08 bits per heavy atom. The summed E-state index contributed by atoms with van der Waals surface area (Å²) >= 11 is 1.67. The molecule has 130 valence electrons. The van der Waals surface area contributed by atoms with Crippen LogP contribution in [0.5, 0.6) is 0 Å². The zero-order valence-corrected chi connectivity index (χ0v) is 15.0. The molecular formula is C17H25N5OS. The average Bonchev–Trinajstić information content (AvgIpc) is 3.00. The summed E-state index contributed by atoms with van der Waals surface area (Å²) in [6.07, 6.45) is 8.83. The molecule has 0 radical (unpaired) electrons. The van der Waals surface area contributed by atoms with Crippen LogP contribution < -0.4 is 10.5 Å². The van der Waals surface area contributed by atoms with Crippen LogP contribution >= 0.6 is 11.9 Å². The van der Waals surface area contributed by atoms with Crippen LogP contribution in [0, 0.1) is 0 Å². The summed E-state index contributed by atoms with van der Waals surface area (Å²) in [7, 11) is 0. The Bertz CT molecular complexity index is 744. The van der Waals surface area contributed by atoms with Crippen LogP contribution in [0.4, 0.5) is 5.82 Å². The lowest BCUT2D eigenvalue weighted by Gasteiger charge is -2.28. The molecule has 6 nitrogen and oxygen atoms in total. The second kappa shape index (κ2) is 6.90. The van der Waals surface area contributed by atoms with E-state index in [2.05, 4.69) is 20.5 Å². The van der Waals surface area contributed by atoms with E-state index in [-0.39, 0.29) is 0 Å². The molecule has 2 aliphatic rings. The van der Waals surface area contributed by atoms with E-state index in [0.717, 1.165) is 50.2 Å². The molecule has 0 spiro atoms. The van der Waals surface area contributed by atoms with Crippen LogP contribution in [0.15, 0.2) is 0 Å². The highest BCUT2D eigenvalue weighted by molar-refractivity contribution is 7.96. The number of anilines is 1. The predicted molar refractivity (Wildman–Crippen MR) is 98.0 cm³/mol. The lowest BCUT2D eigenvalue weighted by Crippen LogP contribution is -2.25. The average molecular weight is 347 g/mol. The smallest absolute Gasteiger partial charge is 0.151 e. The van der Waals surface area contributed by atoms with E-state index in [0.29, 0.717) is 18.5 Å². The van der Waals surface area contributed by atoms with Crippen LogP contribution in [-0.2, 0) is 24.2 Å². The fourth-order valence-electron chi connectivity index (χ4n) is 3.99. The summed E-state index contributed by atoms with van der Waals surface area (Å²) in [4.78, 5) is 9.43. The van der Waals surface area contributed by atoms with E-state index in [1.165, 1.54) is 29.6 Å². The standard InChI is InChI=1S/C17H25N5OS/c1-24-19-8-4-5-11-9-23-10-14-21-15-16(22(11)14)12-6-2-3-7-13(12)20-17(15)18/h11,19H,2-10H2,1H3,(H2,18,20)/t11-/m0/s1. The second-order valence-corrected chi connectivity index (χ2v) is 7.33. The Hall–Kier alpha value is -1.31. The first-order valence-electron chi connectivity index (χ1n) is 8.81. The van der Waals surface area contributed by atoms with Gasteiger partial charge in [0.2, 0.25) is 0 Å². The molecule has 0 bridgehead atoms. The monoisotopic (exact) mass is 347 g/mol. The van der Waals surface area contributed by atoms with Crippen molar-refractivity contribution in [1.29, 1.82) is 0 Å². The van der Waals surface area contributed by atoms with Crippen molar-refractivity contribution in [3.05, 3.63) is 17.1 Å². The lowest BCUT2D eigenvalue weighted by molar-refractivity contribution is 0.0533. The van der Waals surface area contributed by atoms with Gasteiger partial charge >= 0.3 is 0 Å². The quantitative estimate of drug-likeness (QED) is 0.639. The molecular weight excluding hydrogens is 322 g/mol. The van der Waals surface area contributed by atoms with E-state index >= 15 is 0 Å². The summed E-state index contributed by atoms with van der Waals surface area (Å²) < 4.78 is 11.5. The highest BCUT2D eigenvalue weighted by atomic mass is 32.2. The summed E-state index contributed by atoms with van der Waals surface area (Å²) in [5.41, 5.74) is 10.9. The largest absolute Gasteiger partial charge is 0.382 e. The molecule has 1 aliphatic carbocycles. The Balaban J connectivity index is 1.76. The molecule has 0 saturated carbocycles. The van der Waals surface area contributed by atoms with Gasteiger partial charge in [-0.25, -0.2) is 9.97 Å². The minimum Gasteiger partial charge on any atom is -0.382 e. The van der Waals surface area contributed by atoms with Crippen molar-refractivity contribution >= 4 is 28.8 Å². The molecule has 0 amide bonds. The molecule has 24 heavy (non-hydrogen) atoms. The number of hydrogen-bond acceptors (Lipinski definition) is 6. The van der Waals surface area contributed by atoms with Crippen molar-refractivity contribution in [3.63, 3.8) is 0 Å². The third kappa shape index (κ3) is 2.78. The van der Waals surface area contributed by atoms with E-state index in [4.69, 9.17) is 15.5 Å². The molecule has 2 aromatic rings. The molecule has 0 aromatic carbocycles. The normalized spacial score (nSPS) is 20.1. The van der Waals surface area contributed by atoms with Gasteiger partial charge in [0.05, 0.1) is 18.2 Å². The number of imidazole rings is 1. The number of rotatable bonds is 5. The summed E-state index contributed by atoms with van der Waals surface area (Å²) in [5, 5.41) is 0. The number of ether oxygens (including phenoxy) is 1. The maximum absolute atomic E-state index is 6.24. The number of aryl methyl sites for hydroxylation is 2. The number of pyridine rings is 1. The predicted octanol–water partition coefficient (Wildman–Crippen LogP) is 2.61. The number of nitrogens with two attached hydrogens (primary N) is 1. The third-order valence-electron chi connectivity index (χ3n) is 5.07. The van der Waals surface area contributed by atoms with Crippen molar-refractivity contribution < 1.29 is 4.74 Å². The molecule has 0 fully saturated rings. The first-order chi connectivity index (χ1) is 11.8. The minimum atomic E-state index is 0.343. The summed E-state index contributed by atoms with van der Waals surface area (Å²) in [5.74, 6) is 1.59. The van der Waals surface area contributed by atoms with Crippen LogP contribution in [0.1, 0.15) is 48.8 Å². The third-order valence-corrected chi connectivity index (χ3v) is 5.57. The van der Waals surface area contributed by atoms with Gasteiger partial charge in [-0.05, 0) is 50.3 Å². The Labute approximate surface area is 146 Å². The zero-order chi connectivity index (χ0) is 16.5. The summed E-state index contributed by atoms with van der Waals surface area (Å²) in [6.45, 7) is 2.35. The van der Waals surface area contributed by atoms with Crippen molar-refractivity contribution in [3.8, 4) is 0 Å². The van der Waals surface area contributed by atoms with Gasteiger partial charge in [-0.1, -0.05) is 11.9 Å². The molecule has 1 atom stereocenters. The first kappa shape index (κ1) is 16.2. The SMILES string of the molecule is CSNCCC[C@H]1COCc2nc3c(N)nc4c(c3n21)CCCC4. The van der Waals surface area contributed by atoms with Gasteiger partial charge in [0.15, 0.2) is 5.82 Å². The highest BCUT2D eigenvalue weighted by Gasteiger charge is 2.28. The van der Waals surface area contributed by atoms with Crippen LogP contribution in [-0.4, -0.2) is 33.9 Å². The maximum atomic E-state index is 6.24. The minimum absolute atomic E-state index is 0.343. The van der Waals surface area contributed by atoms with Gasteiger partial charge in [-0.3, -0.25) is 4.72 Å². The van der Waals surface area contributed by atoms with E-state index in [1.807, 2.05) is 0 Å². The number of nitrogens with one attached hydrogen (secondary N) is 1. The van der Waals surface area contributed by atoms with Crippen molar-refractivity contribution in [2.24, 2.45) is 0 Å². The van der Waals surface area contributed by atoms with Gasteiger partial charge < -0.3 is 15.0 Å². The molecule has 4 rings (SSSR count).